The summed E-state index contributed by atoms with van der Waals surface area (Å²) in [6.07, 6.45) is 0. The van der Waals surface area contributed by atoms with Gasteiger partial charge >= 0.3 is 0 Å². The summed E-state index contributed by atoms with van der Waals surface area (Å²) in [7, 11) is 0. The van der Waals surface area contributed by atoms with Crippen molar-refractivity contribution in [2.45, 2.75) is 20.1 Å². The second-order valence-corrected chi connectivity index (χ2v) is 4.33. The highest BCUT2D eigenvalue weighted by Gasteiger charge is 1.99. The zero-order chi connectivity index (χ0) is 13.5. The number of nitrogens with one attached hydrogen (secondary N) is 1. The smallest absolute Gasteiger partial charge is 0.217 e. The predicted molar refractivity (Wildman–Crippen MR) is 74.7 cm³/mol. The van der Waals surface area contributed by atoms with Gasteiger partial charge in [-0.1, -0.05) is 42.5 Å². The molecule has 2 rings (SSSR count). The second-order valence-electron chi connectivity index (χ2n) is 4.33. The van der Waals surface area contributed by atoms with Gasteiger partial charge in [0.2, 0.25) is 5.91 Å². The molecule has 0 unspecified atom stereocenters. The molecule has 0 atom stereocenters. The van der Waals surface area contributed by atoms with Crippen LogP contribution in [-0.2, 0) is 17.9 Å². The minimum absolute atomic E-state index is 0.0318. The molecule has 0 aliphatic heterocycles. The van der Waals surface area contributed by atoms with E-state index in [4.69, 9.17) is 4.74 Å². The zero-order valence-electron chi connectivity index (χ0n) is 10.9. The molecule has 0 heterocycles. The van der Waals surface area contributed by atoms with E-state index in [2.05, 4.69) is 5.32 Å². The molecule has 3 heteroatoms. The van der Waals surface area contributed by atoms with Gasteiger partial charge < -0.3 is 10.1 Å². The van der Waals surface area contributed by atoms with Crippen LogP contribution in [0.4, 0.5) is 0 Å². The molecule has 0 aromatic heterocycles. The Labute approximate surface area is 113 Å². The van der Waals surface area contributed by atoms with Gasteiger partial charge in [0.15, 0.2) is 0 Å². The summed E-state index contributed by atoms with van der Waals surface area (Å²) in [5.74, 6) is 0.780. The molecule has 98 valence electrons. The van der Waals surface area contributed by atoms with Crippen molar-refractivity contribution >= 4 is 5.91 Å². The Morgan fingerprint density at radius 2 is 1.79 bits per heavy atom. The third-order valence-corrected chi connectivity index (χ3v) is 2.69. The third-order valence-electron chi connectivity index (χ3n) is 2.69. The monoisotopic (exact) mass is 255 g/mol. The fraction of sp³-hybridized carbons (Fsp3) is 0.188. The highest BCUT2D eigenvalue weighted by atomic mass is 16.5. The van der Waals surface area contributed by atoms with E-state index in [1.807, 2.05) is 54.6 Å². The Morgan fingerprint density at radius 1 is 1.05 bits per heavy atom. The fourth-order valence-electron chi connectivity index (χ4n) is 1.71. The predicted octanol–water partition coefficient (Wildman–Crippen LogP) is 2.90. The molecule has 0 spiro atoms. The van der Waals surface area contributed by atoms with Gasteiger partial charge in [0.1, 0.15) is 12.4 Å². The molecule has 19 heavy (non-hydrogen) atoms. The summed E-state index contributed by atoms with van der Waals surface area (Å²) in [5, 5.41) is 2.77. The summed E-state index contributed by atoms with van der Waals surface area (Å²) in [4.78, 5) is 10.9. The van der Waals surface area contributed by atoms with E-state index < -0.39 is 0 Å². The topological polar surface area (TPSA) is 38.3 Å². The first-order chi connectivity index (χ1) is 9.24. The maximum atomic E-state index is 10.9. The SMILES string of the molecule is CC(=O)NCc1cccc(OCc2ccccc2)c1. The van der Waals surface area contributed by atoms with Crippen LogP contribution in [0, 0.1) is 0 Å². The lowest BCUT2D eigenvalue weighted by atomic mass is 10.2. The minimum Gasteiger partial charge on any atom is -0.489 e. The number of hydrogen-bond donors (Lipinski definition) is 1. The Hall–Kier alpha value is -2.29. The molecule has 1 amide bonds. The van der Waals surface area contributed by atoms with Gasteiger partial charge in [-0.2, -0.15) is 0 Å². The van der Waals surface area contributed by atoms with E-state index in [1.165, 1.54) is 6.92 Å². The Morgan fingerprint density at radius 3 is 2.53 bits per heavy atom. The van der Waals surface area contributed by atoms with Gasteiger partial charge in [0, 0.05) is 13.5 Å². The van der Waals surface area contributed by atoms with E-state index in [0.717, 1.165) is 16.9 Å². The van der Waals surface area contributed by atoms with Crippen LogP contribution in [0.3, 0.4) is 0 Å². The molecule has 2 aromatic carbocycles. The molecule has 0 fully saturated rings. The Balaban J connectivity index is 1.93. The van der Waals surface area contributed by atoms with Crippen molar-refractivity contribution in [3.63, 3.8) is 0 Å². The summed E-state index contributed by atoms with van der Waals surface area (Å²) in [5.41, 5.74) is 2.16. The van der Waals surface area contributed by atoms with Crippen LogP contribution in [0.5, 0.6) is 5.75 Å². The second kappa shape index (κ2) is 6.59. The van der Waals surface area contributed by atoms with Crippen molar-refractivity contribution in [1.29, 1.82) is 0 Å². The molecular formula is C16H17NO2. The largest absolute Gasteiger partial charge is 0.489 e. The lowest BCUT2D eigenvalue weighted by Crippen LogP contribution is -2.18. The van der Waals surface area contributed by atoms with Gasteiger partial charge in [-0.05, 0) is 23.3 Å². The van der Waals surface area contributed by atoms with Crippen LogP contribution in [0.15, 0.2) is 54.6 Å². The van der Waals surface area contributed by atoms with Crippen LogP contribution in [0.2, 0.25) is 0 Å². The lowest BCUT2D eigenvalue weighted by molar-refractivity contribution is -0.119. The molecule has 0 saturated heterocycles. The number of hydrogen-bond acceptors (Lipinski definition) is 2. The fourth-order valence-corrected chi connectivity index (χ4v) is 1.71. The lowest BCUT2D eigenvalue weighted by Gasteiger charge is -2.08. The standard InChI is InChI=1S/C16H17NO2/c1-13(18)17-11-15-8-5-9-16(10-15)19-12-14-6-3-2-4-7-14/h2-10H,11-12H2,1H3,(H,17,18). The van der Waals surface area contributed by atoms with Crippen molar-refractivity contribution in [2.75, 3.05) is 0 Å². The normalized spacial score (nSPS) is 9.95. The van der Waals surface area contributed by atoms with Crippen LogP contribution < -0.4 is 10.1 Å². The molecule has 0 aliphatic carbocycles. The van der Waals surface area contributed by atoms with Crippen molar-refractivity contribution < 1.29 is 9.53 Å². The van der Waals surface area contributed by atoms with Crippen molar-refractivity contribution in [3.8, 4) is 5.75 Å². The zero-order valence-corrected chi connectivity index (χ0v) is 10.9. The molecule has 1 N–H and O–H groups in total. The van der Waals surface area contributed by atoms with E-state index in [9.17, 15) is 4.79 Å². The van der Waals surface area contributed by atoms with E-state index in [1.54, 1.807) is 0 Å². The first-order valence-electron chi connectivity index (χ1n) is 6.24. The summed E-state index contributed by atoms with van der Waals surface area (Å²) in [6.45, 7) is 2.58. The molecule has 0 aliphatic rings. The number of benzene rings is 2. The van der Waals surface area contributed by atoms with Crippen LogP contribution in [-0.4, -0.2) is 5.91 Å². The van der Waals surface area contributed by atoms with Gasteiger partial charge in [-0.25, -0.2) is 0 Å². The minimum atomic E-state index is -0.0318. The van der Waals surface area contributed by atoms with Gasteiger partial charge in [0.25, 0.3) is 0 Å². The first-order valence-corrected chi connectivity index (χ1v) is 6.24. The molecule has 2 aromatic rings. The molecule has 0 bridgehead atoms. The average Bonchev–Trinajstić information content (AvgIpc) is 2.44. The summed E-state index contributed by atoms with van der Waals surface area (Å²) < 4.78 is 5.73. The summed E-state index contributed by atoms with van der Waals surface area (Å²) >= 11 is 0. The highest BCUT2D eigenvalue weighted by molar-refractivity contribution is 5.72. The number of carbonyl (C=O) groups excluding carboxylic acids is 1. The van der Waals surface area contributed by atoms with Crippen molar-refractivity contribution in [1.82, 2.24) is 5.32 Å². The van der Waals surface area contributed by atoms with Gasteiger partial charge in [-0.15, -0.1) is 0 Å². The van der Waals surface area contributed by atoms with Gasteiger partial charge in [-0.3, -0.25) is 4.79 Å². The number of ether oxygens (including phenoxy) is 1. The summed E-state index contributed by atoms with van der Waals surface area (Å²) in [6, 6.07) is 17.8. The van der Waals surface area contributed by atoms with E-state index in [-0.39, 0.29) is 5.91 Å². The van der Waals surface area contributed by atoms with E-state index >= 15 is 0 Å². The maximum absolute atomic E-state index is 10.9. The van der Waals surface area contributed by atoms with Gasteiger partial charge in [0.05, 0.1) is 0 Å². The molecular weight excluding hydrogens is 238 g/mol. The molecule has 0 saturated carbocycles. The first kappa shape index (κ1) is 13.1. The van der Waals surface area contributed by atoms with E-state index in [0.29, 0.717) is 13.2 Å². The van der Waals surface area contributed by atoms with Crippen molar-refractivity contribution in [2.24, 2.45) is 0 Å². The molecule has 0 radical (unpaired) electrons. The Bertz CT molecular complexity index is 537. The average molecular weight is 255 g/mol. The third kappa shape index (κ3) is 4.47. The number of carbonyl (C=O) groups is 1. The number of amides is 1. The van der Waals surface area contributed by atoms with Crippen LogP contribution >= 0.6 is 0 Å². The van der Waals surface area contributed by atoms with Crippen LogP contribution in [0.1, 0.15) is 18.1 Å². The van der Waals surface area contributed by atoms with Crippen molar-refractivity contribution in [3.05, 3.63) is 65.7 Å². The highest BCUT2D eigenvalue weighted by Crippen LogP contribution is 2.15. The van der Waals surface area contributed by atoms with Crippen LogP contribution in [0.25, 0.3) is 0 Å². The Kier molecular flexibility index (Phi) is 4.56. The quantitative estimate of drug-likeness (QED) is 0.892. The maximum Gasteiger partial charge on any atom is 0.217 e. The molecule has 3 nitrogen and oxygen atoms in total. The number of rotatable bonds is 5.